The van der Waals surface area contributed by atoms with Crippen molar-refractivity contribution in [1.82, 2.24) is 0 Å². The highest BCUT2D eigenvalue weighted by Crippen LogP contribution is 2.40. The van der Waals surface area contributed by atoms with Gasteiger partial charge in [0.2, 0.25) is 0 Å². The largest absolute Gasteiger partial charge is 0.207 e. The molecule has 0 nitrogen and oxygen atoms in total. The average Bonchev–Trinajstić information content (AvgIpc) is 2.27. The van der Waals surface area contributed by atoms with Gasteiger partial charge in [-0.15, -0.1) is 0 Å². The summed E-state index contributed by atoms with van der Waals surface area (Å²) in [5.74, 6) is -0.931. The molecule has 0 amide bonds. The molecule has 0 radical (unpaired) electrons. The van der Waals surface area contributed by atoms with E-state index in [-0.39, 0.29) is 16.3 Å². The number of hydrogen-bond donors (Lipinski definition) is 0. The van der Waals surface area contributed by atoms with Gasteiger partial charge in [-0.25, -0.2) is 8.78 Å². The van der Waals surface area contributed by atoms with Crippen LogP contribution in [0, 0.1) is 11.6 Å². The summed E-state index contributed by atoms with van der Waals surface area (Å²) in [6.45, 7) is 0. The Morgan fingerprint density at radius 3 is 2.50 bits per heavy atom. The van der Waals surface area contributed by atoms with Gasteiger partial charge in [-0.2, -0.15) is 0 Å². The van der Waals surface area contributed by atoms with Gasteiger partial charge < -0.3 is 0 Å². The number of benzene rings is 1. The highest BCUT2D eigenvalue weighted by atomic mass is 79.9. The molecule has 2 atom stereocenters. The SMILES string of the molecule is Fc1ccc(Br)c(F)c1C1CCCCC1Br. The first-order valence-electron chi connectivity index (χ1n) is 5.38. The zero-order chi connectivity index (χ0) is 11.7. The van der Waals surface area contributed by atoms with Gasteiger partial charge in [0, 0.05) is 16.3 Å². The Balaban J connectivity index is 2.42. The Morgan fingerprint density at radius 1 is 1.12 bits per heavy atom. The molecule has 1 aromatic rings. The third kappa shape index (κ3) is 2.33. The van der Waals surface area contributed by atoms with Crippen LogP contribution in [0.25, 0.3) is 0 Å². The van der Waals surface area contributed by atoms with Gasteiger partial charge in [0.15, 0.2) is 0 Å². The maximum atomic E-state index is 13.9. The lowest BCUT2D eigenvalue weighted by Crippen LogP contribution is -2.19. The molecule has 1 aliphatic rings. The number of rotatable bonds is 1. The Hall–Kier alpha value is 0.0400. The van der Waals surface area contributed by atoms with Gasteiger partial charge in [0.25, 0.3) is 0 Å². The second-order valence-electron chi connectivity index (χ2n) is 4.16. The van der Waals surface area contributed by atoms with Crippen molar-refractivity contribution in [2.45, 2.75) is 36.4 Å². The normalized spacial score (nSPS) is 25.8. The summed E-state index contributed by atoms with van der Waals surface area (Å²) in [6.07, 6.45) is 4.00. The summed E-state index contributed by atoms with van der Waals surface area (Å²) in [5, 5.41) is 0. The van der Waals surface area contributed by atoms with E-state index in [1.54, 1.807) is 0 Å². The van der Waals surface area contributed by atoms with Crippen molar-refractivity contribution >= 4 is 31.9 Å². The van der Waals surface area contributed by atoms with Crippen molar-refractivity contribution in [3.63, 3.8) is 0 Å². The average molecular weight is 354 g/mol. The maximum absolute atomic E-state index is 13.9. The van der Waals surface area contributed by atoms with E-state index in [0.29, 0.717) is 4.47 Å². The molecule has 4 heteroatoms. The summed E-state index contributed by atoms with van der Waals surface area (Å²) in [5.41, 5.74) is 0.232. The monoisotopic (exact) mass is 352 g/mol. The van der Waals surface area contributed by atoms with Crippen molar-refractivity contribution in [2.75, 3.05) is 0 Å². The summed E-state index contributed by atoms with van der Waals surface area (Å²) >= 11 is 6.65. The molecular formula is C12H12Br2F2. The second kappa shape index (κ2) is 5.13. The van der Waals surface area contributed by atoms with Gasteiger partial charge in [-0.1, -0.05) is 28.8 Å². The first kappa shape index (κ1) is 12.5. The molecule has 0 bridgehead atoms. The quantitative estimate of drug-likeness (QED) is 0.484. The van der Waals surface area contributed by atoms with E-state index in [2.05, 4.69) is 31.9 Å². The van der Waals surface area contributed by atoms with Crippen LogP contribution in [0.3, 0.4) is 0 Å². The minimum absolute atomic E-state index is 0.0498. The van der Waals surface area contributed by atoms with Crippen molar-refractivity contribution in [3.05, 3.63) is 33.8 Å². The Kier molecular flexibility index (Phi) is 4.01. The molecule has 1 saturated carbocycles. The van der Waals surface area contributed by atoms with Crippen LogP contribution < -0.4 is 0 Å². The van der Waals surface area contributed by atoms with Crippen LogP contribution in [0.4, 0.5) is 8.78 Å². The molecule has 0 aliphatic heterocycles. The lowest BCUT2D eigenvalue weighted by Gasteiger charge is -2.28. The van der Waals surface area contributed by atoms with Gasteiger partial charge in [0.1, 0.15) is 11.6 Å². The van der Waals surface area contributed by atoms with Crippen LogP contribution in [0.15, 0.2) is 16.6 Å². The van der Waals surface area contributed by atoms with Gasteiger partial charge in [0.05, 0.1) is 4.47 Å². The molecule has 88 valence electrons. The van der Waals surface area contributed by atoms with Crippen molar-refractivity contribution in [1.29, 1.82) is 0 Å². The molecule has 0 heterocycles. The van der Waals surface area contributed by atoms with E-state index in [1.807, 2.05) is 0 Å². The molecular weight excluding hydrogens is 342 g/mol. The minimum Gasteiger partial charge on any atom is -0.207 e. The minimum atomic E-state index is -0.448. The van der Waals surface area contributed by atoms with Crippen molar-refractivity contribution in [2.24, 2.45) is 0 Å². The molecule has 16 heavy (non-hydrogen) atoms. The molecule has 1 aliphatic carbocycles. The predicted molar refractivity (Wildman–Crippen MR) is 68.0 cm³/mol. The molecule has 1 aromatic carbocycles. The van der Waals surface area contributed by atoms with Gasteiger partial charge in [-0.05, 0) is 40.9 Å². The lowest BCUT2D eigenvalue weighted by molar-refractivity contribution is 0.426. The van der Waals surface area contributed by atoms with Crippen LogP contribution >= 0.6 is 31.9 Å². The molecule has 1 fully saturated rings. The number of halogens is 4. The van der Waals surface area contributed by atoms with E-state index >= 15 is 0 Å². The molecule has 0 spiro atoms. The fourth-order valence-electron chi connectivity index (χ4n) is 2.29. The Morgan fingerprint density at radius 2 is 1.81 bits per heavy atom. The van der Waals surface area contributed by atoms with E-state index in [9.17, 15) is 8.78 Å². The molecule has 2 rings (SSSR count). The summed E-state index contributed by atoms with van der Waals surface area (Å²) in [4.78, 5) is 0.180. The van der Waals surface area contributed by atoms with Crippen LogP contribution in [0.2, 0.25) is 0 Å². The second-order valence-corrected chi connectivity index (χ2v) is 6.19. The van der Waals surface area contributed by atoms with Crippen LogP contribution in [-0.4, -0.2) is 4.83 Å². The van der Waals surface area contributed by atoms with Crippen LogP contribution in [-0.2, 0) is 0 Å². The topological polar surface area (TPSA) is 0 Å². The fraction of sp³-hybridized carbons (Fsp3) is 0.500. The Labute approximate surface area is 111 Å². The molecule has 0 saturated heterocycles. The van der Waals surface area contributed by atoms with Crippen LogP contribution in [0.1, 0.15) is 37.2 Å². The number of alkyl halides is 1. The third-order valence-corrected chi connectivity index (χ3v) is 4.84. The van der Waals surface area contributed by atoms with Gasteiger partial charge >= 0.3 is 0 Å². The van der Waals surface area contributed by atoms with E-state index < -0.39 is 11.6 Å². The third-order valence-electron chi connectivity index (χ3n) is 3.13. The molecule has 0 N–H and O–H groups in total. The van der Waals surface area contributed by atoms with E-state index in [0.717, 1.165) is 25.7 Å². The number of hydrogen-bond acceptors (Lipinski definition) is 0. The zero-order valence-corrected chi connectivity index (χ0v) is 11.8. The predicted octanol–water partition coefficient (Wildman–Crippen LogP) is 5.15. The summed E-state index contributed by atoms with van der Waals surface area (Å²) in [6, 6.07) is 2.75. The smallest absolute Gasteiger partial charge is 0.143 e. The zero-order valence-electron chi connectivity index (χ0n) is 8.65. The lowest BCUT2D eigenvalue weighted by atomic mass is 9.83. The van der Waals surface area contributed by atoms with Crippen LogP contribution in [0.5, 0.6) is 0 Å². The molecule has 2 unspecified atom stereocenters. The van der Waals surface area contributed by atoms with E-state index in [1.165, 1.54) is 12.1 Å². The Bertz CT molecular complexity index is 393. The maximum Gasteiger partial charge on any atom is 0.143 e. The fourth-order valence-corrected chi connectivity index (χ4v) is 3.49. The standard InChI is InChI=1S/C12H12Br2F2/c13-8-4-2-1-3-7(8)11-10(15)6-5-9(14)12(11)16/h5-8H,1-4H2. The van der Waals surface area contributed by atoms with Crippen molar-refractivity contribution < 1.29 is 8.78 Å². The first-order valence-corrected chi connectivity index (χ1v) is 7.09. The molecule has 0 aromatic heterocycles. The van der Waals surface area contributed by atoms with Crippen molar-refractivity contribution in [3.8, 4) is 0 Å². The van der Waals surface area contributed by atoms with E-state index in [4.69, 9.17) is 0 Å². The summed E-state index contributed by atoms with van der Waals surface area (Å²) < 4.78 is 28.0. The highest BCUT2D eigenvalue weighted by Gasteiger charge is 2.29. The highest BCUT2D eigenvalue weighted by molar-refractivity contribution is 9.10. The summed E-state index contributed by atoms with van der Waals surface area (Å²) in [7, 11) is 0. The first-order chi connectivity index (χ1) is 7.61. The van der Waals surface area contributed by atoms with Gasteiger partial charge in [-0.3, -0.25) is 0 Å².